The molecule has 0 atom stereocenters. The van der Waals surface area contributed by atoms with Crippen LogP contribution in [0.2, 0.25) is 0 Å². The molecule has 0 rings (SSSR count). The largest absolute Gasteiger partial charge is 1.00 e. The number of hydrogen-bond donors (Lipinski definition) is 1. The van der Waals surface area contributed by atoms with E-state index in [0.29, 0.717) is 0 Å². The number of nitrogens with two attached hydrogens (primary N) is 1. The zero-order valence-corrected chi connectivity index (χ0v) is 12.5. The molecule has 0 aromatic carbocycles. The van der Waals surface area contributed by atoms with Crippen LogP contribution in [-0.2, 0) is 19.9 Å². The zero-order valence-electron chi connectivity index (χ0n) is 7.64. The average Bonchev–Trinajstić information content (AvgIpc) is 1.83. The summed E-state index contributed by atoms with van der Waals surface area (Å²) in [6.45, 7) is -0.0312. The van der Waals surface area contributed by atoms with Crippen molar-refractivity contribution in [2.75, 3.05) is 13.7 Å². The molecule has 2 N–H and O–H groups in total. The molecule has 0 heterocycles. The number of hydrogen-bond acceptors (Lipinski definition) is 7. The summed E-state index contributed by atoms with van der Waals surface area (Å²) in [6.07, 6.45) is 0. The third-order valence-electron chi connectivity index (χ3n) is 0.394. The Kier molecular flexibility index (Phi) is 24.4. The molecule has 0 aromatic rings. The maximum Gasteiger partial charge on any atom is 1.00 e. The second-order valence-electron chi connectivity index (χ2n) is 1.19. The molecule has 0 amide bonds. The zero-order chi connectivity index (χ0) is 9.49. The normalized spacial score (nSPS) is 8.00. The van der Waals surface area contributed by atoms with Gasteiger partial charge in [0, 0.05) is 10.4 Å². The first-order valence-corrected chi connectivity index (χ1v) is 3.58. The van der Waals surface area contributed by atoms with E-state index >= 15 is 0 Å². The molecule has 0 aromatic heterocycles. The van der Waals surface area contributed by atoms with Gasteiger partial charge in [-0.1, -0.05) is 0 Å². The Morgan fingerprint density at radius 2 is 1.62 bits per heavy atom. The van der Waals surface area contributed by atoms with Gasteiger partial charge in [0.25, 0.3) is 0 Å². The van der Waals surface area contributed by atoms with Crippen LogP contribution >= 0.6 is 0 Å². The molecular weight excluding hydrogens is 224 g/mol. The second kappa shape index (κ2) is 13.3. The Hall–Kier alpha value is 1.30. The van der Waals surface area contributed by atoms with Gasteiger partial charge in [0.2, 0.25) is 0 Å². The van der Waals surface area contributed by atoms with Crippen molar-refractivity contribution in [3.8, 4) is 0 Å². The summed E-state index contributed by atoms with van der Waals surface area (Å²) >= 11 is 0. The number of ether oxygens (including phenoxy) is 1. The molecule has 0 saturated carbocycles. The fourth-order valence-electron chi connectivity index (χ4n) is 0.0833. The quantitative estimate of drug-likeness (QED) is 0.205. The van der Waals surface area contributed by atoms with Gasteiger partial charge < -0.3 is 19.6 Å². The molecule has 0 bridgehead atoms. The van der Waals surface area contributed by atoms with Gasteiger partial charge >= 0.3 is 65.1 Å². The van der Waals surface area contributed by atoms with Crippen LogP contribution in [0.15, 0.2) is 0 Å². The molecule has 10 heteroatoms. The van der Waals surface area contributed by atoms with Crippen LogP contribution in [0.5, 0.6) is 0 Å². The van der Waals surface area contributed by atoms with Gasteiger partial charge in [0.05, 0.1) is 13.7 Å². The van der Waals surface area contributed by atoms with Crippen molar-refractivity contribution in [2.45, 2.75) is 0 Å². The summed E-state index contributed by atoms with van der Waals surface area (Å²) in [7, 11) is -3.87. The predicted octanol–water partition coefficient (Wildman–Crippen LogP) is -8.21. The van der Waals surface area contributed by atoms with E-state index in [-0.39, 0.29) is 71.6 Å². The van der Waals surface area contributed by atoms with Crippen LogP contribution in [0.1, 0.15) is 0 Å². The van der Waals surface area contributed by atoms with Crippen LogP contribution in [0, 0.1) is 0 Å². The van der Waals surface area contributed by atoms with Crippen molar-refractivity contribution in [2.24, 2.45) is 5.73 Å². The van der Waals surface area contributed by atoms with Crippen LogP contribution < -0.4 is 64.8 Å². The Morgan fingerprint density at radius 1 is 1.38 bits per heavy atom. The second-order valence-corrected chi connectivity index (χ2v) is 2.01. The SMILES string of the molecule is COC(=O)CN.O=S(=O)([O-])[O-].[Na+].[Na+]. The van der Waals surface area contributed by atoms with E-state index in [1.807, 2.05) is 0 Å². The van der Waals surface area contributed by atoms with Crippen molar-refractivity contribution in [3.63, 3.8) is 0 Å². The Balaban J connectivity index is -0.0000000546. The maximum atomic E-state index is 9.83. The third-order valence-corrected chi connectivity index (χ3v) is 0.394. The summed E-state index contributed by atoms with van der Waals surface area (Å²) in [5.74, 6) is -0.380. The molecule has 0 saturated heterocycles. The monoisotopic (exact) mass is 231 g/mol. The number of esters is 1. The fraction of sp³-hybridized carbons (Fsp3) is 0.667. The first-order valence-electron chi connectivity index (χ1n) is 2.24. The van der Waals surface area contributed by atoms with E-state index in [0.717, 1.165) is 0 Å². The topological polar surface area (TPSA) is 133 Å². The molecule has 13 heavy (non-hydrogen) atoms. The van der Waals surface area contributed by atoms with Crippen LogP contribution in [-0.4, -0.2) is 37.1 Å². The van der Waals surface area contributed by atoms with Crippen molar-refractivity contribution < 1.29 is 86.2 Å². The van der Waals surface area contributed by atoms with E-state index in [9.17, 15) is 4.79 Å². The number of carbonyl (C=O) groups excluding carboxylic acids is 1. The first kappa shape index (κ1) is 23.8. The molecule has 0 radical (unpaired) electrons. The third kappa shape index (κ3) is 60.5. The molecule has 0 aliphatic heterocycles. The van der Waals surface area contributed by atoms with Crippen molar-refractivity contribution in [1.29, 1.82) is 0 Å². The summed E-state index contributed by atoms with van der Waals surface area (Å²) in [5.41, 5.74) is 4.81. The van der Waals surface area contributed by atoms with Gasteiger partial charge in [-0.15, -0.1) is 0 Å². The minimum Gasteiger partial charge on any atom is -0.759 e. The molecule has 0 spiro atoms. The van der Waals surface area contributed by atoms with E-state index in [1.54, 1.807) is 0 Å². The van der Waals surface area contributed by atoms with Gasteiger partial charge in [-0.05, 0) is 0 Å². The molecule has 68 valence electrons. The maximum absolute atomic E-state index is 9.83. The minimum absolute atomic E-state index is 0. The molecule has 0 aliphatic carbocycles. The van der Waals surface area contributed by atoms with Crippen molar-refractivity contribution in [1.82, 2.24) is 0 Å². The van der Waals surface area contributed by atoms with Gasteiger partial charge in [0.1, 0.15) is 0 Å². The van der Waals surface area contributed by atoms with Gasteiger partial charge in [-0.25, -0.2) is 0 Å². The Labute approximate surface area is 121 Å². The number of methoxy groups -OCH3 is 1. The fourth-order valence-corrected chi connectivity index (χ4v) is 0.0833. The minimum atomic E-state index is -5.17. The smallest absolute Gasteiger partial charge is 0.759 e. The van der Waals surface area contributed by atoms with E-state index in [2.05, 4.69) is 4.74 Å². The van der Waals surface area contributed by atoms with Crippen LogP contribution in [0.4, 0.5) is 0 Å². The van der Waals surface area contributed by atoms with Crippen LogP contribution in [0.3, 0.4) is 0 Å². The standard InChI is InChI=1S/C3H7NO2.2Na.H2O4S/c1-6-3(5)2-4;;;1-5(2,3)4/h2,4H2,1H3;;;(H2,1,2,3,4)/q;2*+1;/p-2. The average molecular weight is 231 g/mol. The molecule has 0 fully saturated rings. The molecule has 7 nitrogen and oxygen atoms in total. The number of rotatable bonds is 1. The molecule has 0 aliphatic rings. The van der Waals surface area contributed by atoms with Crippen molar-refractivity contribution in [3.05, 3.63) is 0 Å². The van der Waals surface area contributed by atoms with E-state index in [1.165, 1.54) is 7.11 Å². The van der Waals surface area contributed by atoms with E-state index < -0.39 is 10.4 Å². The van der Waals surface area contributed by atoms with Gasteiger partial charge in [0.15, 0.2) is 0 Å². The van der Waals surface area contributed by atoms with Crippen molar-refractivity contribution >= 4 is 16.4 Å². The Morgan fingerprint density at radius 3 is 1.62 bits per heavy atom. The van der Waals surface area contributed by atoms with E-state index in [4.69, 9.17) is 23.3 Å². The molecule has 0 unspecified atom stereocenters. The number of carbonyl (C=O) groups is 1. The predicted molar refractivity (Wildman–Crippen MR) is 31.5 cm³/mol. The molecular formula is C3H7NNa2O6S. The Bertz CT molecular complexity index is 190. The van der Waals surface area contributed by atoms with Gasteiger partial charge in [-0.3, -0.25) is 13.2 Å². The van der Waals surface area contributed by atoms with Gasteiger partial charge in [-0.2, -0.15) is 0 Å². The first-order chi connectivity index (χ1) is 4.81. The summed E-state index contributed by atoms with van der Waals surface area (Å²) in [5, 5.41) is 0. The summed E-state index contributed by atoms with van der Waals surface area (Å²) in [6, 6.07) is 0. The summed E-state index contributed by atoms with van der Waals surface area (Å²) < 4.78 is 38.2. The summed E-state index contributed by atoms with van der Waals surface area (Å²) in [4.78, 5) is 9.83. The van der Waals surface area contributed by atoms with Crippen LogP contribution in [0.25, 0.3) is 0 Å².